The Kier molecular flexibility index (Phi) is 7.81. The number of carbonyl (C=O) groups excluding carboxylic acids is 4. The Hall–Kier alpha value is -3.16. The lowest BCUT2D eigenvalue weighted by atomic mass is 9.97. The first-order valence-corrected chi connectivity index (χ1v) is 10.6. The summed E-state index contributed by atoms with van der Waals surface area (Å²) in [5.74, 6) is -1.48. The van der Waals surface area contributed by atoms with Crippen LogP contribution < -0.4 is 5.32 Å². The van der Waals surface area contributed by atoms with Crippen LogP contribution in [0.15, 0.2) is 36.4 Å². The molecular weight excluding hydrogens is 398 g/mol. The summed E-state index contributed by atoms with van der Waals surface area (Å²) in [5.41, 5.74) is 0.953. The number of ether oxygens (including phenoxy) is 1. The van der Waals surface area contributed by atoms with Crippen molar-refractivity contribution in [2.24, 2.45) is 5.92 Å². The van der Waals surface area contributed by atoms with Gasteiger partial charge in [-0.2, -0.15) is 0 Å². The van der Waals surface area contributed by atoms with Crippen molar-refractivity contribution in [1.82, 2.24) is 15.1 Å². The fourth-order valence-electron chi connectivity index (χ4n) is 3.34. The van der Waals surface area contributed by atoms with Gasteiger partial charge in [-0.25, -0.2) is 0 Å². The third-order valence-corrected chi connectivity index (χ3v) is 5.44. The molecule has 1 heterocycles. The summed E-state index contributed by atoms with van der Waals surface area (Å²) in [6.45, 7) is 0.495. The molecule has 2 fully saturated rings. The molecule has 0 bridgehead atoms. The summed E-state index contributed by atoms with van der Waals surface area (Å²) in [7, 11) is 1.51. The molecule has 3 rings (SSSR count). The van der Waals surface area contributed by atoms with E-state index in [9.17, 15) is 19.2 Å². The highest BCUT2D eigenvalue weighted by Gasteiger charge is 2.29. The molecule has 1 N–H and O–H groups in total. The second-order valence-electron chi connectivity index (χ2n) is 8.04. The number of hydrogen-bond donors (Lipinski definition) is 1. The highest BCUT2D eigenvalue weighted by atomic mass is 16.5. The summed E-state index contributed by atoms with van der Waals surface area (Å²) < 4.78 is 5.16. The molecule has 0 spiro atoms. The van der Waals surface area contributed by atoms with Gasteiger partial charge in [0, 0.05) is 32.3 Å². The maximum absolute atomic E-state index is 12.3. The molecular formula is C23H29N3O5. The maximum Gasteiger partial charge on any atom is 0.309 e. The third kappa shape index (κ3) is 7.24. The van der Waals surface area contributed by atoms with Gasteiger partial charge in [0.25, 0.3) is 5.91 Å². The number of nitrogens with one attached hydrogen (secondary N) is 1. The minimum atomic E-state index is -0.434. The van der Waals surface area contributed by atoms with E-state index < -0.39 is 11.9 Å². The van der Waals surface area contributed by atoms with Gasteiger partial charge < -0.3 is 19.9 Å². The fourth-order valence-corrected chi connectivity index (χ4v) is 3.34. The highest BCUT2D eigenvalue weighted by Crippen LogP contribution is 2.20. The van der Waals surface area contributed by atoms with E-state index >= 15 is 0 Å². The number of amides is 3. The summed E-state index contributed by atoms with van der Waals surface area (Å²) >= 11 is 0. The summed E-state index contributed by atoms with van der Waals surface area (Å²) in [4.78, 5) is 51.5. The van der Waals surface area contributed by atoms with Crippen LogP contribution in [-0.2, 0) is 23.9 Å². The molecule has 1 aliphatic carbocycles. The Balaban J connectivity index is 1.35. The second kappa shape index (κ2) is 10.7. The van der Waals surface area contributed by atoms with Gasteiger partial charge in [-0.3, -0.25) is 19.2 Å². The van der Waals surface area contributed by atoms with Crippen LogP contribution in [0.3, 0.4) is 0 Å². The lowest BCUT2D eigenvalue weighted by Crippen LogP contribution is -2.42. The third-order valence-electron chi connectivity index (χ3n) is 5.44. The molecule has 31 heavy (non-hydrogen) atoms. The maximum atomic E-state index is 12.3. The molecule has 2 aliphatic rings. The molecule has 1 aromatic rings. The normalized spacial score (nSPS) is 16.7. The number of piperidine rings is 1. The molecule has 1 aromatic carbocycles. The predicted octanol–water partition coefficient (Wildman–Crippen LogP) is 1.22. The van der Waals surface area contributed by atoms with E-state index in [1.54, 1.807) is 17.1 Å². The van der Waals surface area contributed by atoms with Crippen molar-refractivity contribution < 1.29 is 23.9 Å². The minimum Gasteiger partial charge on any atom is -0.455 e. The van der Waals surface area contributed by atoms with Crippen molar-refractivity contribution in [3.8, 4) is 0 Å². The van der Waals surface area contributed by atoms with Gasteiger partial charge in [0.15, 0.2) is 6.61 Å². The molecule has 8 nitrogen and oxygen atoms in total. The topological polar surface area (TPSA) is 96.0 Å². The van der Waals surface area contributed by atoms with Crippen LogP contribution in [0.2, 0.25) is 0 Å². The number of likely N-dealkylation sites (tertiary alicyclic amines) is 1. The van der Waals surface area contributed by atoms with Crippen molar-refractivity contribution in [1.29, 1.82) is 0 Å². The predicted molar refractivity (Wildman–Crippen MR) is 115 cm³/mol. The van der Waals surface area contributed by atoms with Gasteiger partial charge in [0.1, 0.15) is 0 Å². The van der Waals surface area contributed by atoms with Crippen LogP contribution in [0.4, 0.5) is 0 Å². The first-order chi connectivity index (χ1) is 14.9. The van der Waals surface area contributed by atoms with Crippen LogP contribution in [0.5, 0.6) is 0 Å². The first kappa shape index (κ1) is 22.5. The van der Waals surface area contributed by atoms with Gasteiger partial charge in [0.05, 0.1) is 12.5 Å². The van der Waals surface area contributed by atoms with Gasteiger partial charge in [-0.1, -0.05) is 30.3 Å². The van der Waals surface area contributed by atoms with E-state index in [0.29, 0.717) is 25.9 Å². The Morgan fingerprint density at radius 1 is 1.10 bits per heavy atom. The van der Waals surface area contributed by atoms with E-state index in [4.69, 9.17) is 4.74 Å². The summed E-state index contributed by atoms with van der Waals surface area (Å²) in [6.07, 6.45) is 6.27. The van der Waals surface area contributed by atoms with E-state index in [0.717, 1.165) is 18.4 Å². The molecule has 1 saturated heterocycles. The molecule has 0 unspecified atom stereocenters. The number of carbonyl (C=O) groups is 4. The molecule has 0 radical (unpaired) electrons. The van der Waals surface area contributed by atoms with Crippen LogP contribution in [0, 0.1) is 5.92 Å². The standard InChI is InChI=1S/C23H29N3O5/c1-25(15-20(27)24-19-8-9-19)22(29)16-31-23(30)18-11-13-26(14-12-18)21(28)10-7-17-5-3-2-4-6-17/h2-7,10,18-19H,8-9,11-16H2,1H3,(H,24,27)/b10-7+. The Labute approximate surface area is 182 Å². The number of esters is 1. The van der Waals surface area contributed by atoms with Crippen molar-refractivity contribution >= 4 is 29.8 Å². The van der Waals surface area contributed by atoms with Gasteiger partial charge in [-0.15, -0.1) is 0 Å². The number of rotatable bonds is 8. The molecule has 8 heteroatoms. The van der Waals surface area contributed by atoms with Crippen LogP contribution >= 0.6 is 0 Å². The molecule has 0 aromatic heterocycles. The number of likely N-dealkylation sites (N-methyl/N-ethyl adjacent to an activating group) is 1. The molecule has 1 saturated carbocycles. The SMILES string of the molecule is CN(CC(=O)NC1CC1)C(=O)COC(=O)C1CCN(C(=O)/C=C/c2ccccc2)CC1. The van der Waals surface area contributed by atoms with Crippen molar-refractivity contribution in [2.45, 2.75) is 31.7 Å². The Bertz CT molecular complexity index is 827. The summed E-state index contributed by atoms with van der Waals surface area (Å²) in [6, 6.07) is 9.81. The zero-order valence-electron chi connectivity index (χ0n) is 17.8. The van der Waals surface area contributed by atoms with Crippen molar-refractivity contribution in [3.63, 3.8) is 0 Å². The van der Waals surface area contributed by atoms with Crippen molar-refractivity contribution in [3.05, 3.63) is 42.0 Å². The van der Waals surface area contributed by atoms with Gasteiger partial charge >= 0.3 is 5.97 Å². The van der Waals surface area contributed by atoms with Crippen LogP contribution in [0.1, 0.15) is 31.2 Å². The van der Waals surface area contributed by atoms with E-state index in [1.807, 2.05) is 30.3 Å². The quantitative estimate of drug-likeness (QED) is 0.497. The number of hydrogen-bond acceptors (Lipinski definition) is 5. The van der Waals surface area contributed by atoms with Gasteiger partial charge in [0.2, 0.25) is 11.8 Å². The van der Waals surface area contributed by atoms with Gasteiger partial charge in [-0.05, 0) is 37.3 Å². The van der Waals surface area contributed by atoms with E-state index in [1.165, 1.54) is 11.9 Å². The molecule has 0 atom stereocenters. The average molecular weight is 428 g/mol. The average Bonchev–Trinajstić information content (AvgIpc) is 3.60. The van der Waals surface area contributed by atoms with Crippen molar-refractivity contribution in [2.75, 3.05) is 33.3 Å². The lowest BCUT2D eigenvalue weighted by Gasteiger charge is -2.30. The summed E-state index contributed by atoms with van der Waals surface area (Å²) in [5, 5.41) is 2.81. The zero-order chi connectivity index (χ0) is 22.2. The monoisotopic (exact) mass is 427 g/mol. The molecule has 1 aliphatic heterocycles. The highest BCUT2D eigenvalue weighted by molar-refractivity contribution is 5.92. The largest absolute Gasteiger partial charge is 0.455 e. The van der Waals surface area contributed by atoms with E-state index in [-0.39, 0.29) is 36.9 Å². The number of benzene rings is 1. The Morgan fingerprint density at radius 2 is 1.77 bits per heavy atom. The zero-order valence-corrected chi connectivity index (χ0v) is 17.8. The molecule has 166 valence electrons. The molecule has 3 amide bonds. The van der Waals surface area contributed by atoms with Crippen LogP contribution in [0.25, 0.3) is 6.08 Å². The lowest BCUT2D eigenvalue weighted by molar-refractivity contribution is -0.157. The Morgan fingerprint density at radius 3 is 2.42 bits per heavy atom. The number of nitrogens with zero attached hydrogens (tertiary/aromatic N) is 2. The van der Waals surface area contributed by atoms with Crippen LogP contribution in [-0.4, -0.2) is 72.8 Å². The second-order valence-corrected chi connectivity index (χ2v) is 8.04. The minimum absolute atomic E-state index is 0.0517. The fraction of sp³-hybridized carbons (Fsp3) is 0.478. The smallest absolute Gasteiger partial charge is 0.309 e. The first-order valence-electron chi connectivity index (χ1n) is 10.6. The van der Waals surface area contributed by atoms with E-state index in [2.05, 4.69) is 5.32 Å².